The van der Waals surface area contributed by atoms with Crippen molar-refractivity contribution in [3.05, 3.63) is 46.4 Å². The van der Waals surface area contributed by atoms with Crippen molar-refractivity contribution < 1.29 is 19.0 Å². The molecule has 34 heavy (non-hydrogen) atoms. The first-order valence-electron chi connectivity index (χ1n) is 10.6. The lowest BCUT2D eigenvalue weighted by atomic mass is 9.85. The standard InChI is InChI=1S/C24H19FN4O3S2/c1-3-33-23-27-9-15-12-6-7-32-10-16(12)18(11(2)20(15)28-23)13-4-5-17(25)21-19(13)14(8-26)22(34-21)29-24(30)31/h4-5,9,29H,3,6-7,10H2,1-2H3,(H,30,31). The Morgan fingerprint density at radius 1 is 1.41 bits per heavy atom. The number of nitrogens with one attached hydrogen (secondary N) is 1. The van der Waals surface area contributed by atoms with Crippen molar-refractivity contribution in [3.63, 3.8) is 0 Å². The predicted octanol–water partition coefficient (Wildman–Crippen LogP) is 6.11. The Morgan fingerprint density at radius 3 is 2.97 bits per heavy atom. The van der Waals surface area contributed by atoms with Gasteiger partial charge in [0.2, 0.25) is 0 Å². The van der Waals surface area contributed by atoms with Gasteiger partial charge in [-0.15, -0.1) is 11.3 Å². The number of rotatable bonds is 4. The third-order valence-electron chi connectivity index (χ3n) is 5.90. The molecule has 0 atom stereocenters. The average molecular weight is 495 g/mol. The van der Waals surface area contributed by atoms with Crippen LogP contribution in [0.5, 0.6) is 0 Å². The summed E-state index contributed by atoms with van der Waals surface area (Å²) in [6.07, 6.45) is 1.24. The summed E-state index contributed by atoms with van der Waals surface area (Å²) in [5.41, 5.74) is 5.36. The van der Waals surface area contributed by atoms with Crippen LogP contribution in [0.15, 0.2) is 23.5 Å². The quantitative estimate of drug-likeness (QED) is 0.260. The molecule has 0 spiro atoms. The fraction of sp³-hybridized carbons (Fsp3) is 0.250. The third kappa shape index (κ3) is 3.57. The number of aromatic nitrogens is 2. The van der Waals surface area contributed by atoms with Crippen LogP contribution in [0.3, 0.4) is 0 Å². The lowest BCUT2D eigenvalue weighted by Crippen LogP contribution is -2.14. The molecule has 0 unspecified atom stereocenters. The van der Waals surface area contributed by atoms with Gasteiger partial charge in [0.25, 0.3) is 0 Å². The molecule has 2 N–H and O–H groups in total. The van der Waals surface area contributed by atoms with Crippen molar-refractivity contribution in [1.29, 1.82) is 5.26 Å². The van der Waals surface area contributed by atoms with E-state index in [0.717, 1.165) is 50.2 Å². The first kappa shape index (κ1) is 22.5. The van der Waals surface area contributed by atoms with Gasteiger partial charge in [0.1, 0.15) is 16.9 Å². The van der Waals surface area contributed by atoms with E-state index in [2.05, 4.69) is 16.4 Å². The second-order valence-electron chi connectivity index (χ2n) is 7.75. The highest BCUT2D eigenvalue weighted by Crippen LogP contribution is 2.46. The molecule has 0 bridgehead atoms. The van der Waals surface area contributed by atoms with Crippen molar-refractivity contribution in [1.82, 2.24) is 9.97 Å². The Hall–Kier alpha value is -3.26. The number of thiophene rings is 1. The molecule has 1 aliphatic heterocycles. The number of hydrogen-bond acceptors (Lipinski definition) is 7. The minimum Gasteiger partial charge on any atom is -0.465 e. The van der Waals surface area contributed by atoms with E-state index in [0.29, 0.717) is 35.7 Å². The summed E-state index contributed by atoms with van der Waals surface area (Å²) in [6.45, 7) is 4.95. The predicted molar refractivity (Wildman–Crippen MR) is 131 cm³/mol. The molecule has 0 saturated heterocycles. The maximum atomic E-state index is 14.9. The van der Waals surface area contributed by atoms with Crippen LogP contribution in [-0.2, 0) is 17.8 Å². The van der Waals surface area contributed by atoms with Crippen LogP contribution in [0, 0.1) is 24.1 Å². The number of amides is 1. The highest BCUT2D eigenvalue weighted by Gasteiger charge is 2.27. The number of carbonyl (C=O) groups is 1. The van der Waals surface area contributed by atoms with Crippen LogP contribution >= 0.6 is 23.1 Å². The van der Waals surface area contributed by atoms with Crippen LogP contribution in [0.4, 0.5) is 14.2 Å². The fourth-order valence-electron chi connectivity index (χ4n) is 4.56. The van der Waals surface area contributed by atoms with E-state index in [1.807, 2.05) is 20.0 Å². The monoisotopic (exact) mass is 494 g/mol. The van der Waals surface area contributed by atoms with E-state index in [9.17, 15) is 19.6 Å². The summed E-state index contributed by atoms with van der Waals surface area (Å²) in [4.78, 5) is 20.6. The second kappa shape index (κ2) is 8.83. The Kier molecular flexibility index (Phi) is 5.85. The van der Waals surface area contributed by atoms with Gasteiger partial charge in [0, 0.05) is 17.0 Å². The van der Waals surface area contributed by atoms with Crippen LogP contribution in [0.25, 0.3) is 32.1 Å². The van der Waals surface area contributed by atoms with E-state index >= 15 is 0 Å². The van der Waals surface area contributed by atoms with Gasteiger partial charge in [-0.1, -0.05) is 24.8 Å². The Bertz CT molecular complexity index is 1530. The summed E-state index contributed by atoms with van der Waals surface area (Å²) in [5, 5.41) is 23.5. The second-order valence-corrected chi connectivity index (χ2v) is 10.0. The van der Waals surface area contributed by atoms with Gasteiger partial charge in [-0.05, 0) is 53.0 Å². The van der Waals surface area contributed by atoms with Crippen LogP contribution in [0.1, 0.15) is 29.2 Å². The molecule has 2 aromatic carbocycles. The lowest BCUT2D eigenvalue weighted by molar-refractivity contribution is 0.111. The summed E-state index contributed by atoms with van der Waals surface area (Å²) in [5.74, 6) is 0.334. The molecule has 10 heteroatoms. The van der Waals surface area contributed by atoms with Crippen molar-refractivity contribution in [2.75, 3.05) is 17.7 Å². The molecule has 2 aromatic heterocycles. The van der Waals surface area contributed by atoms with Gasteiger partial charge < -0.3 is 9.84 Å². The van der Waals surface area contributed by atoms with E-state index < -0.39 is 11.9 Å². The number of ether oxygens (including phenoxy) is 1. The van der Waals surface area contributed by atoms with Crippen LogP contribution in [0.2, 0.25) is 0 Å². The number of thioether (sulfide) groups is 1. The number of hydrogen-bond donors (Lipinski definition) is 2. The highest BCUT2D eigenvalue weighted by atomic mass is 32.2. The van der Waals surface area contributed by atoms with Gasteiger partial charge in [-0.2, -0.15) is 5.26 Å². The molecule has 3 heterocycles. The van der Waals surface area contributed by atoms with Crippen molar-refractivity contribution in [2.24, 2.45) is 0 Å². The smallest absolute Gasteiger partial charge is 0.409 e. The first-order chi connectivity index (χ1) is 16.4. The topological polar surface area (TPSA) is 108 Å². The molecule has 4 aromatic rings. The molecule has 1 amide bonds. The van der Waals surface area contributed by atoms with Crippen molar-refractivity contribution in [3.8, 4) is 17.2 Å². The van der Waals surface area contributed by atoms with E-state index in [1.54, 1.807) is 17.8 Å². The molecule has 172 valence electrons. The molecule has 7 nitrogen and oxygen atoms in total. The van der Waals surface area contributed by atoms with Crippen LogP contribution in [-0.4, -0.2) is 33.5 Å². The maximum absolute atomic E-state index is 14.9. The number of carboxylic acid groups (broad SMARTS) is 1. The highest BCUT2D eigenvalue weighted by molar-refractivity contribution is 7.99. The van der Waals surface area contributed by atoms with Crippen molar-refractivity contribution >= 4 is 55.2 Å². The molecule has 0 aliphatic carbocycles. The largest absolute Gasteiger partial charge is 0.465 e. The van der Waals surface area contributed by atoms with Gasteiger partial charge in [-0.25, -0.2) is 19.2 Å². The zero-order valence-electron chi connectivity index (χ0n) is 18.4. The Balaban J connectivity index is 1.89. The van der Waals surface area contributed by atoms with Gasteiger partial charge in [-0.3, -0.25) is 5.32 Å². The lowest BCUT2D eigenvalue weighted by Gasteiger charge is -2.25. The summed E-state index contributed by atoms with van der Waals surface area (Å²) < 4.78 is 20.9. The van der Waals surface area contributed by atoms with E-state index in [1.165, 1.54) is 6.07 Å². The summed E-state index contributed by atoms with van der Waals surface area (Å²) >= 11 is 2.47. The minimum atomic E-state index is -1.31. The number of anilines is 1. The normalized spacial score (nSPS) is 13.1. The van der Waals surface area contributed by atoms with Gasteiger partial charge in [0.05, 0.1) is 29.0 Å². The average Bonchev–Trinajstić information content (AvgIpc) is 3.19. The minimum absolute atomic E-state index is 0.101. The zero-order valence-corrected chi connectivity index (χ0v) is 20.0. The van der Waals surface area contributed by atoms with Gasteiger partial charge >= 0.3 is 6.09 Å². The molecular weight excluding hydrogens is 475 g/mol. The number of nitrogens with zero attached hydrogens (tertiary/aromatic N) is 3. The maximum Gasteiger partial charge on any atom is 0.409 e. The molecule has 1 aliphatic rings. The first-order valence-corrected chi connectivity index (χ1v) is 12.4. The molecule has 0 radical (unpaired) electrons. The van der Waals surface area contributed by atoms with Crippen molar-refractivity contribution in [2.45, 2.75) is 32.0 Å². The Morgan fingerprint density at radius 2 is 2.24 bits per heavy atom. The van der Waals surface area contributed by atoms with Gasteiger partial charge in [0.15, 0.2) is 5.16 Å². The number of fused-ring (bicyclic) bond motifs is 4. The fourth-order valence-corrected chi connectivity index (χ4v) is 6.17. The number of nitriles is 1. The molecule has 0 saturated carbocycles. The SMILES string of the molecule is CCSc1ncc2c3c(c(-c4ccc(F)c5sc(NC(=O)O)c(C#N)c45)c(C)c2n1)COCC3. The molecule has 5 rings (SSSR count). The zero-order chi connectivity index (χ0) is 24.0. The van der Waals surface area contributed by atoms with E-state index in [-0.39, 0.29) is 15.3 Å². The number of halogens is 1. The molecular formula is C24H19FN4O3S2. The van der Waals surface area contributed by atoms with Crippen LogP contribution < -0.4 is 5.32 Å². The summed E-state index contributed by atoms with van der Waals surface area (Å²) in [6, 6.07) is 5.10. The van der Waals surface area contributed by atoms with E-state index in [4.69, 9.17) is 9.72 Å². The third-order valence-corrected chi connectivity index (χ3v) is 7.75. The summed E-state index contributed by atoms with van der Waals surface area (Å²) in [7, 11) is 0. The number of benzene rings is 2. The number of aryl methyl sites for hydroxylation is 1. The Labute approximate surface area is 202 Å². The molecule has 0 fully saturated rings.